The van der Waals surface area contributed by atoms with E-state index in [0.717, 1.165) is 9.52 Å². The van der Waals surface area contributed by atoms with Crippen molar-refractivity contribution in [2.24, 2.45) is 0 Å². The zero-order chi connectivity index (χ0) is 51.1. The van der Waals surface area contributed by atoms with Crippen LogP contribution >= 0.6 is 17.0 Å². The molecular weight excluding hydrogens is 1010 g/mol. The van der Waals surface area contributed by atoms with E-state index in [2.05, 4.69) is 257 Å². The Morgan fingerprint density at radius 3 is 1.24 bits per heavy atom. The normalized spacial score (nSPS) is 11.5. The first-order valence-electron chi connectivity index (χ1n) is 25.4. The molecule has 0 bridgehead atoms. The smallest absolute Gasteiger partial charge is 0.0920 e. The van der Waals surface area contributed by atoms with Gasteiger partial charge in [0.25, 0.3) is 0 Å². The Bertz CT molecular complexity index is 3130. The summed E-state index contributed by atoms with van der Waals surface area (Å²) in [4.78, 5) is 0. The number of hydrogen-bond acceptors (Lipinski definition) is 0. The van der Waals surface area contributed by atoms with Crippen LogP contribution in [-0.2, 0) is 20.8 Å². The van der Waals surface area contributed by atoms with Gasteiger partial charge in [0.1, 0.15) is 0 Å². The predicted octanol–water partition coefficient (Wildman–Crippen LogP) is 19.4. The molecule has 0 saturated heterocycles. The van der Waals surface area contributed by atoms with Gasteiger partial charge in [0, 0.05) is 0 Å². The maximum absolute atomic E-state index is 4.93. The van der Waals surface area contributed by atoms with Crippen LogP contribution in [0.4, 0.5) is 0 Å². The summed E-state index contributed by atoms with van der Waals surface area (Å²) in [5, 5.41) is 8.17. The molecule has 0 amide bonds. The van der Waals surface area contributed by atoms with Crippen LogP contribution in [0.25, 0.3) is 77.2 Å². The molecule has 10 aromatic rings. The quantitative estimate of drug-likeness (QED) is 0.105. The Morgan fingerprint density at radius 1 is 0.431 bits per heavy atom. The topological polar surface area (TPSA) is 0 Å². The number of fused-ring (bicyclic) bond motifs is 5. The predicted molar refractivity (Wildman–Crippen MR) is 314 cm³/mol. The molecule has 0 aromatic heterocycles. The number of hydrogen-bond donors (Lipinski definition) is 0. The van der Waals surface area contributed by atoms with Crippen molar-refractivity contribution in [3.8, 4) is 55.6 Å². The summed E-state index contributed by atoms with van der Waals surface area (Å²) in [6.45, 7) is 22.7. The van der Waals surface area contributed by atoms with Gasteiger partial charge in [0.2, 0.25) is 0 Å². The Labute approximate surface area is 451 Å². The Morgan fingerprint density at radius 2 is 0.819 bits per heavy atom. The minimum absolute atomic E-state index is 0.525. The number of halogens is 2. The van der Waals surface area contributed by atoms with Crippen LogP contribution in [0, 0.1) is 19.9 Å². The fourth-order valence-corrected chi connectivity index (χ4v) is 11.2. The first-order chi connectivity index (χ1) is 34.7. The Balaban J connectivity index is 0.000000149. The van der Waals surface area contributed by atoms with Crippen molar-refractivity contribution in [3.05, 3.63) is 228 Å². The third-order valence-electron chi connectivity index (χ3n) is 13.9. The molecule has 4 heteroatoms. The molecule has 0 fully saturated rings. The minimum atomic E-state index is -0.826. The third-order valence-corrected chi connectivity index (χ3v) is 15.3. The van der Waals surface area contributed by atoms with Crippen molar-refractivity contribution in [1.29, 1.82) is 0 Å². The second kappa shape index (κ2) is 24.1. The molecule has 0 unspecified atom stereocenters. The third kappa shape index (κ3) is 12.2. The molecule has 0 N–H and O–H groups in total. The number of benzene rings is 8. The maximum Gasteiger partial charge on any atom is 0.0920 e. The van der Waals surface area contributed by atoms with Gasteiger partial charge in [0.15, 0.2) is 0 Å². The zero-order valence-electron chi connectivity index (χ0n) is 43.5. The monoisotopic (exact) mass is 1070 g/mol. The summed E-state index contributed by atoms with van der Waals surface area (Å²) in [5.41, 5.74) is 21.8. The largest absolute Gasteiger partial charge is 0.184 e. The van der Waals surface area contributed by atoms with E-state index in [4.69, 9.17) is 17.0 Å². The van der Waals surface area contributed by atoms with E-state index < -0.39 is 20.8 Å². The van der Waals surface area contributed by atoms with Crippen LogP contribution in [0.5, 0.6) is 0 Å². The van der Waals surface area contributed by atoms with Gasteiger partial charge in [-0.2, -0.15) is 29.5 Å². The molecule has 362 valence electrons. The van der Waals surface area contributed by atoms with Gasteiger partial charge in [-0.15, -0.1) is 74.6 Å². The second-order valence-electron chi connectivity index (χ2n) is 20.3. The summed E-state index contributed by atoms with van der Waals surface area (Å²) < 4.78 is 0. The van der Waals surface area contributed by atoms with Crippen molar-refractivity contribution >= 4 is 58.5 Å². The molecule has 1 aliphatic rings. The van der Waals surface area contributed by atoms with Crippen LogP contribution in [0.15, 0.2) is 188 Å². The average Bonchev–Trinajstić information content (AvgIpc) is 4.13. The number of rotatable bonds is 8. The SMILES string of the molecule is Cc1ccc2[cH-]c(-c3ccccc3)cc2c1-c1cc(C(C)C)cc(C(C)C)c1.Cc1ccc2[cH-]c(-c3ccccc3)cc2c1-c1cc(C(C)C)cc(C(C)C)c1.[Cl][Zr][Cl].[c-]1cccc2c1[Si]c1ccccc1-2. The maximum atomic E-state index is 4.93. The van der Waals surface area contributed by atoms with Gasteiger partial charge in [-0.1, -0.05) is 222 Å². The van der Waals surface area contributed by atoms with E-state index in [1.165, 1.54) is 121 Å². The standard InChI is InChI=1S/2C28H29.C12H7Si.2ClH.Zr/c2*1-18(2)23-14-24(19(3)4)16-26(15-23)28-20(5)11-12-22-13-25(17-27(22)28)21-9-7-6-8-10-21;1-3-7-11-9(5-1)10-6-2-4-8-12(10)13-11;;;/h2*6-19H,1-5H3;1-7H;2*1H;/q3*-1;;;+2/p-2. The van der Waals surface area contributed by atoms with E-state index in [9.17, 15) is 0 Å². The van der Waals surface area contributed by atoms with Gasteiger partial charge in [-0.3, -0.25) is 0 Å². The average molecular weight is 1070 g/mol. The van der Waals surface area contributed by atoms with Gasteiger partial charge in [0.05, 0.1) is 9.52 Å². The first-order valence-corrected chi connectivity index (χ1v) is 32.7. The molecule has 0 nitrogen and oxygen atoms in total. The molecule has 72 heavy (non-hydrogen) atoms. The summed E-state index contributed by atoms with van der Waals surface area (Å²) in [6, 6.07) is 72.3. The molecule has 11 rings (SSSR count). The zero-order valence-corrected chi connectivity index (χ0v) is 48.4. The molecule has 0 spiro atoms. The van der Waals surface area contributed by atoms with Gasteiger partial charge >= 0.3 is 37.9 Å². The van der Waals surface area contributed by atoms with Gasteiger partial charge < -0.3 is 0 Å². The van der Waals surface area contributed by atoms with Gasteiger partial charge in [-0.25, -0.2) is 0 Å². The van der Waals surface area contributed by atoms with Crippen molar-refractivity contribution < 1.29 is 20.8 Å². The molecular formula is C68H65Cl2SiZr-3. The van der Waals surface area contributed by atoms with E-state index >= 15 is 0 Å². The van der Waals surface area contributed by atoms with E-state index in [1.807, 2.05) is 6.07 Å². The second-order valence-corrected chi connectivity index (χ2v) is 25.4. The molecule has 10 aromatic carbocycles. The summed E-state index contributed by atoms with van der Waals surface area (Å²) >= 11 is -0.826. The van der Waals surface area contributed by atoms with E-state index in [-0.39, 0.29) is 0 Å². The molecule has 1 aliphatic heterocycles. The summed E-state index contributed by atoms with van der Waals surface area (Å²) in [5.74, 6) is 2.10. The van der Waals surface area contributed by atoms with Crippen LogP contribution in [0.3, 0.4) is 0 Å². The molecule has 0 saturated carbocycles. The fraction of sp³-hybridized carbons (Fsp3) is 0.206. The van der Waals surface area contributed by atoms with Crippen molar-refractivity contribution in [3.63, 3.8) is 0 Å². The first kappa shape index (κ1) is 53.0. The Kier molecular flexibility index (Phi) is 17.8. The van der Waals surface area contributed by atoms with E-state index in [1.54, 1.807) is 0 Å². The molecule has 2 radical (unpaired) electrons. The Hall–Kier alpha value is -5.34. The summed E-state index contributed by atoms with van der Waals surface area (Å²) in [6.07, 6.45) is 0. The van der Waals surface area contributed by atoms with Crippen LogP contribution in [0.1, 0.15) is 112 Å². The molecule has 0 atom stereocenters. The van der Waals surface area contributed by atoms with Crippen molar-refractivity contribution in [1.82, 2.24) is 0 Å². The fourth-order valence-electron chi connectivity index (χ4n) is 9.84. The van der Waals surface area contributed by atoms with E-state index in [0.29, 0.717) is 23.7 Å². The van der Waals surface area contributed by atoms with Crippen molar-refractivity contribution in [2.75, 3.05) is 0 Å². The summed E-state index contributed by atoms with van der Waals surface area (Å²) in [7, 11) is 10.7. The number of aryl methyl sites for hydroxylation is 2. The minimum Gasteiger partial charge on any atom is -0.184 e. The molecule has 1 heterocycles. The van der Waals surface area contributed by atoms with Crippen molar-refractivity contribution in [2.45, 2.75) is 92.9 Å². The van der Waals surface area contributed by atoms with Crippen LogP contribution in [0.2, 0.25) is 0 Å². The van der Waals surface area contributed by atoms with Crippen LogP contribution in [-0.4, -0.2) is 9.52 Å². The molecule has 0 aliphatic carbocycles. The van der Waals surface area contributed by atoms with Crippen LogP contribution < -0.4 is 10.4 Å². The van der Waals surface area contributed by atoms with Gasteiger partial charge in [-0.05, 0) is 82.0 Å².